The zero-order valence-electron chi connectivity index (χ0n) is 9.91. The van der Waals surface area contributed by atoms with E-state index in [2.05, 4.69) is 37.3 Å². The lowest BCUT2D eigenvalue weighted by molar-refractivity contribution is 0.303. The Labute approximate surface area is 96.4 Å². The van der Waals surface area contributed by atoms with E-state index in [-0.39, 0.29) is 0 Å². The van der Waals surface area contributed by atoms with Gasteiger partial charge >= 0.3 is 0 Å². The Balaban J connectivity index is 2.50. The smallest absolute Gasteiger partial charge is 0.145 e. The number of hydrogen-bond donors (Lipinski definition) is 0. The normalized spacial score (nSPS) is 12.9. The van der Waals surface area contributed by atoms with Gasteiger partial charge in [-0.05, 0) is 12.0 Å². The molecule has 0 saturated carbocycles. The zero-order valence-corrected chi connectivity index (χ0v) is 11.9. The van der Waals surface area contributed by atoms with Crippen LogP contribution in [-0.4, -0.2) is 17.1 Å². The van der Waals surface area contributed by atoms with Crippen LogP contribution >= 0.6 is 0 Å². The van der Waals surface area contributed by atoms with Crippen LogP contribution in [0.5, 0.6) is 0 Å². The summed E-state index contributed by atoms with van der Waals surface area (Å²) < 4.78 is 5.43. The molecule has 0 N–H and O–H groups in total. The fourth-order valence-electron chi connectivity index (χ4n) is 1.91. The maximum atomic E-state index is 5.43. The fourth-order valence-corrected chi connectivity index (χ4v) is 2.32. The highest BCUT2D eigenvalue weighted by molar-refractivity contribution is 5.97. The topological polar surface area (TPSA) is 9.23 Å². The summed E-state index contributed by atoms with van der Waals surface area (Å²) in [6.07, 6.45) is 5.22. The Morgan fingerprint density at radius 3 is 2.53 bits per heavy atom. The average Bonchev–Trinajstić information content (AvgIpc) is 2.29. The monoisotopic (exact) mass is 222 g/mol. The highest BCUT2D eigenvalue weighted by atomic mass is 28.2. The lowest BCUT2D eigenvalue weighted by Crippen LogP contribution is -2.06. The van der Waals surface area contributed by atoms with E-state index in [1.165, 1.54) is 31.2 Å². The van der Waals surface area contributed by atoms with Gasteiger partial charge in [0, 0.05) is 12.5 Å². The minimum absolute atomic E-state index is 0.607. The third kappa shape index (κ3) is 4.63. The third-order valence-electron chi connectivity index (χ3n) is 2.79. The van der Waals surface area contributed by atoms with Crippen LogP contribution in [0.2, 0.25) is 0 Å². The van der Waals surface area contributed by atoms with Gasteiger partial charge in [-0.3, -0.25) is 0 Å². The highest BCUT2D eigenvalue weighted by Gasteiger charge is 2.09. The minimum Gasteiger partial charge on any atom is -0.427 e. The number of rotatable bonds is 7. The highest BCUT2D eigenvalue weighted by Crippen LogP contribution is 2.22. The summed E-state index contributed by atoms with van der Waals surface area (Å²) in [4.78, 5) is 0. The van der Waals surface area contributed by atoms with Gasteiger partial charge in [-0.2, -0.15) is 0 Å². The van der Waals surface area contributed by atoms with Gasteiger partial charge in [-0.25, -0.2) is 0 Å². The van der Waals surface area contributed by atoms with Gasteiger partial charge in [0.1, 0.15) is 10.5 Å². The molecule has 2 heteroatoms. The lowest BCUT2D eigenvalue weighted by atomic mass is 9.94. The summed E-state index contributed by atoms with van der Waals surface area (Å²) in [6, 6.07) is 10.8. The van der Waals surface area contributed by atoms with Crippen LogP contribution in [0.25, 0.3) is 0 Å². The van der Waals surface area contributed by atoms with Crippen LogP contribution in [0.3, 0.4) is 0 Å². The molecule has 0 aliphatic heterocycles. The Morgan fingerprint density at radius 2 is 1.93 bits per heavy atom. The Bertz CT molecular complexity index is 248. The first-order valence-corrected chi connectivity index (χ1v) is 6.74. The molecule has 0 aromatic heterocycles. The van der Waals surface area contributed by atoms with Crippen molar-refractivity contribution in [3.63, 3.8) is 0 Å². The molecule has 1 rings (SSSR count). The molecule has 15 heavy (non-hydrogen) atoms. The van der Waals surface area contributed by atoms with Crippen molar-refractivity contribution in [1.29, 1.82) is 0 Å². The maximum Gasteiger partial charge on any atom is 0.145 e. The van der Waals surface area contributed by atoms with Crippen LogP contribution in [0.15, 0.2) is 30.3 Å². The first kappa shape index (κ1) is 12.5. The average molecular weight is 222 g/mol. The molecule has 0 bridgehead atoms. The molecule has 0 fully saturated rings. The first-order valence-electron chi connectivity index (χ1n) is 5.92. The third-order valence-corrected chi connectivity index (χ3v) is 3.13. The number of unbranched alkanes of at least 4 members (excludes halogenated alkanes) is 2. The molecule has 84 valence electrons. The molecule has 0 aliphatic carbocycles. The SMILES string of the molecule is CCCCCC(CO[SiH3])c1ccccc1. The lowest BCUT2D eigenvalue weighted by Gasteiger charge is -2.16. The minimum atomic E-state index is 0.607. The quantitative estimate of drug-likeness (QED) is 0.509. The van der Waals surface area contributed by atoms with E-state index in [9.17, 15) is 0 Å². The van der Waals surface area contributed by atoms with Crippen LogP contribution in [0, 0.1) is 0 Å². The maximum absolute atomic E-state index is 5.43. The van der Waals surface area contributed by atoms with E-state index in [4.69, 9.17) is 4.43 Å². The molecule has 1 aromatic rings. The van der Waals surface area contributed by atoms with Crippen molar-refractivity contribution in [2.24, 2.45) is 0 Å². The molecule has 1 nitrogen and oxygen atoms in total. The summed E-state index contributed by atoms with van der Waals surface area (Å²) in [6.45, 7) is 3.15. The summed E-state index contributed by atoms with van der Waals surface area (Å²) in [5, 5.41) is 0. The predicted octanol–water partition coefficient (Wildman–Crippen LogP) is 2.65. The summed E-state index contributed by atoms with van der Waals surface area (Å²) >= 11 is 0. The summed E-state index contributed by atoms with van der Waals surface area (Å²) in [5.41, 5.74) is 1.43. The van der Waals surface area contributed by atoms with Crippen LogP contribution in [0.4, 0.5) is 0 Å². The second-order valence-electron chi connectivity index (χ2n) is 4.06. The standard InChI is InChI=1S/C13H22OSi/c1-2-3-5-10-13(11-14-15)12-8-6-4-7-9-12/h4,6-9,13H,2-3,5,10-11H2,1,15H3. The second kappa shape index (κ2) is 7.66. The van der Waals surface area contributed by atoms with E-state index < -0.39 is 0 Å². The van der Waals surface area contributed by atoms with Crippen molar-refractivity contribution in [3.8, 4) is 0 Å². The molecule has 0 radical (unpaired) electrons. The molecule has 1 atom stereocenters. The summed E-state index contributed by atoms with van der Waals surface area (Å²) in [7, 11) is 0.848. The van der Waals surface area contributed by atoms with Crippen molar-refractivity contribution in [2.75, 3.05) is 6.61 Å². The Kier molecular flexibility index (Phi) is 6.36. The summed E-state index contributed by atoms with van der Waals surface area (Å²) in [5.74, 6) is 0.607. The van der Waals surface area contributed by atoms with Crippen LogP contribution in [-0.2, 0) is 4.43 Å². The van der Waals surface area contributed by atoms with Gasteiger partial charge in [0.2, 0.25) is 0 Å². The predicted molar refractivity (Wildman–Crippen MR) is 69.2 cm³/mol. The van der Waals surface area contributed by atoms with Crippen molar-refractivity contribution < 1.29 is 4.43 Å². The van der Waals surface area contributed by atoms with E-state index in [1.807, 2.05) is 0 Å². The Hall–Kier alpha value is -0.603. The van der Waals surface area contributed by atoms with Gasteiger partial charge in [0.25, 0.3) is 0 Å². The van der Waals surface area contributed by atoms with Crippen molar-refractivity contribution >= 4 is 10.5 Å². The Morgan fingerprint density at radius 1 is 1.20 bits per heavy atom. The van der Waals surface area contributed by atoms with Gasteiger partial charge < -0.3 is 4.43 Å². The molecule has 0 heterocycles. The molecule has 0 amide bonds. The molecule has 0 saturated heterocycles. The van der Waals surface area contributed by atoms with Crippen LogP contribution in [0.1, 0.15) is 44.1 Å². The van der Waals surface area contributed by atoms with Gasteiger partial charge in [0.15, 0.2) is 0 Å². The zero-order chi connectivity index (χ0) is 10.9. The number of benzene rings is 1. The van der Waals surface area contributed by atoms with E-state index in [0.717, 1.165) is 17.1 Å². The van der Waals surface area contributed by atoms with Crippen molar-refractivity contribution in [1.82, 2.24) is 0 Å². The van der Waals surface area contributed by atoms with Crippen molar-refractivity contribution in [3.05, 3.63) is 35.9 Å². The van der Waals surface area contributed by atoms with E-state index in [1.54, 1.807) is 0 Å². The molecule has 0 spiro atoms. The largest absolute Gasteiger partial charge is 0.427 e. The van der Waals surface area contributed by atoms with Crippen LogP contribution < -0.4 is 0 Å². The first-order chi connectivity index (χ1) is 7.38. The van der Waals surface area contributed by atoms with Gasteiger partial charge in [-0.1, -0.05) is 56.5 Å². The van der Waals surface area contributed by atoms with Gasteiger partial charge in [-0.15, -0.1) is 0 Å². The number of hydrogen-bond acceptors (Lipinski definition) is 1. The molecule has 0 aliphatic rings. The molecular weight excluding hydrogens is 200 g/mol. The fraction of sp³-hybridized carbons (Fsp3) is 0.538. The van der Waals surface area contributed by atoms with Crippen molar-refractivity contribution in [2.45, 2.75) is 38.5 Å². The second-order valence-corrected chi connectivity index (χ2v) is 4.64. The molecule has 1 aromatic carbocycles. The van der Waals surface area contributed by atoms with Gasteiger partial charge in [0.05, 0.1) is 0 Å². The molecular formula is C13H22OSi. The molecule has 1 unspecified atom stereocenters. The van der Waals surface area contributed by atoms with E-state index in [0.29, 0.717) is 5.92 Å². The van der Waals surface area contributed by atoms with E-state index >= 15 is 0 Å².